The van der Waals surface area contributed by atoms with Crippen LogP contribution in [0.3, 0.4) is 0 Å². The summed E-state index contributed by atoms with van der Waals surface area (Å²) >= 11 is 3.41. The molecule has 1 saturated carbocycles. The van der Waals surface area contributed by atoms with Crippen molar-refractivity contribution in [1.82, 2.24) is 5.32 Å². The third-order valence-electron chi connectivity index (χ3n) is 2.97. The number of aliphatic hydroxyl groups is 1. The van der Waals surface area contributed by atoms with E-state index in [1.54, 1.807) is 6.07 Å². The average molecular weight is 284 g/mol. The number of amides is 1. The number of rotatable bonds is 3. The summed E-state index contributed by atoms with van der Waals surface area (Å²) in [6.45, 7) is 1.96. The van der Waals surface area contributed by atoms with Crippen molar-refractivity contribution in [3.8, 4) is 0 Å². The monoisotopic (exact) mass is 283 g/mol. The molecule has 1 amide bonds. The van der Waals surface area contributed by atoms with Gasteiger partial charge in [0, 0.05) is 4.47 Å². The van der Waals surface area contributed by atoms with E-state index in [1.807, 2.05) is 19.1 Å². The highest BCUT2D eigenvalue weighted by Gasteiger charge is 2.43. The fraction of sp³-hybridized carbons (Fsp3) is 0.417. The van der Waals surface area contributed by atoms with E-state index in [0.717, 1.165) is 22.9 Å². The lowest BCUT2D eigenvalue weighted by atomic mass is 10.1. The number of aliphatic hydroxyl groups excluding tert-OH is 1. The highest BCUT2D eigenvalue weighted by atomic mass is 79.9. The zero-order valence-electron chi connectivity index (χ0n) is 9.09. The van der Waals surface area contributed by atoms with E-state index in [9.17, 15) is 4.79 Å². The van der Waals surface area contributed by atoms with Crippen molar-refractivity contribution >= 4 is 21.8 Å². The zero-order valence-corrected chi connectivity index (χ0v) is 10.7. The van der Waals surface area contributed by atoms with Gasteiger partial charge in [-0.05, 0) is 47.3 Å². The van der Waals surface area contributed by atoms with Crippen molar-refractivity contribution in [1.29, 1.82) is 0 Å². The SMILES string of the molecule is Cc1cccc(C(=O)NC2(CO)CC2)c1Br. The summed E-state index contributed by atoms with van der Waals surface area (Å²) in [5.41, 5.74) is 1.29. The molecule has 0 atom stereocenters. The van der Waals surface area contributed by atoms with Crippen LogP contribution in [0.5, 0.6) is 0 Å². The molecule has 16 heavy (non-hydrogen) atoms. The standard InChI is InChI=1S/C12H14BrNO2/c1-8-3-2-4-9(10(8)13)11(16)14-12(7-15)5-6-12/h2-4,15H,5-7H2,1H3,(H,14,16). The van der Waals surface area contributed by atoms with E-state index in [2.05, 4.69) is 21.2 Å². The molecule has 4 heteroatoms. The molecular weight excluding hydrogens is 270 g/mol. The number of hydrogen-bond acceptors (Lipinski definition) is 2. The summed E-state index contributed by atoms with van der Waals surface area (Å²) in [6.07, 6.45) is 1.72. The Bertz CT molecular complexity index is 427. The average Bonchev–Trinajstić information content (AvgIpc) is 3.02. The van der Waals surface area contributed by atoms with Crippen molar-refractivity contribution < 1.29 is 9.90 Å². The molecule has 1 aromatic rings. The summed E-state index contributed by atoms with van der Waals surface area (Å²) in [5, 5.41) is 12.0. The number of benzene rings is 1. The molecule has 86 valence electrons. The maximum atomic E-state index is 12.0. The van der Waals surface area contributed by atoms with E-state index in [-0.39, 0.29) is 18.1 Å². The Hall–Kier alpha value is -0.870. The Morgan fingerprint density at radius 2 is 2.25 bits per heavy atom. The smallest absolute Gasteiger partial charge is 0.252 e. The highest BCUT2D eigenvalue weighted by molar-refractivity contribution is 9.10. The molecule has 0 saturated heterocycles. The van der Waals surface area contributed by atoms with Crippen LogP contribution in [-0.2, 0) is 0 Å². The third kappa shape index (κ3) is 2.13. The van der Waals surface area contributed by atoms with Crippen molar-refractivity contribution in [3.05, 3.63) is 33.8 Å². The van der Waals surface area contributed by atoms with Crippen LogP contribution in [0.25, 0.3) is 0 Å². The largest absolute Gasteiger partial charge is 0.394 e. The molecule has 3 nitrogen and oxygen atoms in total. The van der Waals surface area contributed by atoms with Gasteiger partial charge in [-0.2, -0.15) is 0 Å². The van der Waals surface area contributed by atoms with Gasteiger partial charge in [0.15, 0.2) is 0 Å². The fourth-order valence-corrected chi connectivity index (χ4v) is 2.05. The lowest BCUT2D eigenvalue weighted by molar-refractivity contribution is 0.0906. The predicted molar refractivity (Wildman–Crippen MR) is 65.4 cm³/mol. The minimum absolute atomic E-state index is 0.0160. The van der Waals surface area contributed by atoms with E-state index in [4.69, 9.17) is 5.11 Å². The number of hydrogen-bond donors (Lipinski definition) is 2. The number of nitrogens with one attached hydrogen (secondary N) is 1. The first kappa shape index (κ1) is 11.6. The van der Waals surface area contributed by atoms with E-state index in [0.29, 0.717) is 5.56 Å². The summed E-state index contributed by atoms with van der Waals surface area (Å²) in [7, 11) is 0. The van der Waals surface area contributed by atoms with E-state index < -0.39 is 0 Å². The van der Waals surface area contributed by atoms with Crippen molar-refractivity contribution in [2.24, 2.45) is 0 Å². The van der Waals surface area contributed by atoms with Crippen molar-refractivity contribution in [2.75, 3.05) is 6.61 Å². The molecule has 2 rings (SSSR count). The molecule has 0 aromatic heterocycles. The van der Waals surface area contributed by atoms with Gasteiger partial charge in [0.1, 0.15) is 0 Å². The minimum atomic E-state index is -0.361. The molecule has 0 spiro atoms. The van der Waals surface area contributed by atoms with Gasteiger partial charge >= 0.3 is 0 Å². The van der Waals surface area contributed by atoms with Gasteiger partial charge in [-0.15, -0.1) is 0 Å². The van der Waals surface area contributed by atoms with Gasteiger partial charge in [-0.1, -0.05) is 12.1 Å². The maximum Gasteiger partial charge on any atom is 0.252 e. The normalized spacial score (nSPS) is 16.9. The Morgan fingerprint density at radius 1 is 1.56 bits per heavy atom. The van der Waals surface area contributed by atoms with E-state index in [1.165, 1.54) is 0 Å². The zero-order chi connectivity index (χ0) is 11.8. The fourth-order valence-electron chi connectivity index (χ4n) is 1.60. The summed E-state index contributed by atoms with van der Waals surface area (Å²) in [6, 6.07) is 5.58. The molecule has 0 aliphatic heterocycles. The Labute approximate surface area is 103 Å². The second kappa shape index (κ2) is 4.18. The first-order valence-corrected chi connectivity index (χ1v) is 6.06. The Kier molecular flexibility index (Phi) is 3.04. The second-order valence-corrected chi connectivity index (χ2v) is 5.12. The van der Waals surface area contributed by atoms with Gasteiger partial charge < -0.3 is 10.4 Å². The van der Waals surface area contributed by atoms with Crippen molar-refractivity contribution in [3.63, 3.8) is 0 Å². The van der Waals surface area contributed by atoms with Crippen LogP contribution in [0.2, 0.25) is 0 Å². The highest BCUT2D eigenvalue weighted by Crippen LogP contribution is 2.35. The van der Waals surface area contributed by atoms with Gasteiger partial charge in [0.25, 0.3) is 5.91 Å². The van der Waals surface area contributed by atoms with Crippen LogP contribution < -0.4 is 5.32 Å². The lowest BCUT2D eigenvalue weighted by Crippen LogP contribution is -2.39. The molecule has 0 radical (unpaired) electrons. The van der Waals surface area contributed by atoms with Gasteiger partial charge in [-0.3, -0.25) is 4.79 Å². The topological polar surface area (TPSA) is 49.3 Å². The first-order valence-electron chi connectivity index (χ1n) is 5.26. The Balaban J connectivity index is 2.18. The van der Waals surface area contributed by atoms with Gasteiger partial charge in [0.05, 0.1) is 17.7 Å². The molecule has 0 unspecified atom stereocenters. The summed E-state index contributed by atoms with van der Waals surface area (Å²) < 4.78 is 0.821. The van der Waals surface area contributed by atoms with Crippen LogP contribution in [0.15, 0.2) is 22.7 Å². The van der Waals surface area contributed by atoms with Gasteiger partial charge in [0.2, 0.25) is 0 Å². The summed E-state index contributed by atoms with van der Waals surface area (Å²) in [5.74, 6) is -0.123. The van der Waals surface area contributed by atoms with Crippen LogP contribution in [0.1, 0.15) is 28.8 Å². The summed E-state index contributed by atoms with van der Waals surface area (Å²) in [4.78, 5) is 12.0. The van der Waals surface area contributed by atoms with Crippen LogP contribution in [0.4, 0.5) is 0 Å². The first-order chi connectivity index (χ1) is 7.58. The number of halogens is 1. The third-order valence-corrected chi connectivity index (χ3v) is 4.02. The van der Waals surface area contributed by atoms with Gasteiger partial charge in [-0.25, -0.2) is 0 Å². The Morgan fingerprint density at radius 3 is 2.81 bits per heavy atom. The lowest BCUT2D eigenvalue weighted by Gasteiger charge is -2.15. The number of aryl methyl sites for hydroxylation is 1. The maximum absolute atomic E-state index is 12.0. The number of carbonyl (C=O) groups excluding carboxylic acids is 1. The predicted octanol–water partition coefficient (Wildman–Crippen LogP) is 2.01. The minimum Gasteiger partial charge on any atom is -0.394 e. The molecule has 1 fully saturated rings. The number of carbonyl (C=O) groups is 1. The van der Waals surface area contributed by atoms with Crippen molar-refractivity contribution in [2.45, 2.75) is 25.3 Å². The molecule has 2 N–H and O–H groups in total. The molecule has 1 aliphatic rings. The molecule has 1 aliphatic carbocycles. The van der Waals surface area contributed by atoms with Crippen LogP contribution in [0, 0.1) is 6.92 Å². The molecule has 1 aromatic carbocycles. The van der Waals surface area contributed by atoms with Crippen LogP contribution in [-0.4, -0.2) is 23.2 Å². The molecular formula is C12H14BrNO2. The second-order valence-electron chi connectivity index (χ2n) is 4.33. The molecule has 0 bridgehead atoms. The van der Waals surface area contributed by atoms with Crippen LogP contribution >= 0.6 is 15.9 Å². The van der Waals surface area contributed by atoms with E-state index >= 15 is 0 Å². The molecule has 0 heterocycles. The quantitative estimate of drug-likeness (QED) is 0.892.